The minimum absolute atomic E-state index is 0.253. The van der Waals surface area contributed by atoms with Crippen LogP contribution in [0.3, 0.4) is 0 Å². The quantitative estimate of drug-likeness (QED) is 0.839. The number of para-hydroxylation sites is 1. The van der Waals surface area contributed by atoms with E-state index < -0.39 is 12.1 Å². The Morgan fingerprint density at radius 2 is 2.12 bits per heavy atom. The van der Waals surface area contributed by atoms with Gasteiger partial charge in [0.05, 0.1) is 5.52 Å². The molecule has 2 N–H and O–H groups in total. The first-order valence-electron chi connectivity index (χ1n) is 5.09. The Labute approximate surface area is 96.7 Å². The zero-order valence-electron chi connectivity index (χ0n) is 9.14. The summed E-state index contributed by atoms with van der Waals surface area (Å²) in [4.78, 5) is 24.6. The molecule has 0 aliphatic carbocycles. The van der Waals surface area contributed by atoms with Gasteiger partial charge in [0.1, 0.15) is 5.75 Å². The lowest BCUT2D eigenvalue weighted by Gasteiger charge is -2.12. The molecule has 0 aliphatic rings. The van der Waals surface area contributed by atoms with Gasteiger partial charge >= 0.3 is 5.97 Å². The second kappa shape index (κ2) is 4.29. The minimum atomic E-state index is -1.06. The molecule has 0 fully saturated rings. The van der Waals surface area contributed by atoms with Gasteiger partial charge in [0.25, 0.3) is 0 Å². The number of fused-ring (bicyclic) bond motifs is 1. The molecular formula is C12H11NO4. The Morgan fingerprint density at radius 3 is 2.82 bits per heavy atom. The molecule has 0 bridgehead atoms. The summed E-state index contributed by atoms with van der Waals surface area (Å²) in [7, 11) is 0. The molecule has 0 amide bonds. The number of aromatic amines is 1. The van der Waals surface area contributed by atoms with Crippen LogP contribution in [0.25, 0.3) is 10.9 Å². The maximum absolute atomic E-state index is 11.2. The molecule has 1 atom stereocenters. The lowest BCUT2D eigenvalue weighted by molar-refractivity contribution is -0.144. The van der Waals surface area contributed by atoms with Crippen molar-refractivity contribution in [2.75, 3.05) is 0 Å². The van der Waals surface area contributed by atoms with Gasteiger partial charge in [0.15, 0.2) is 6.10 Å². The third-order valence-corrected chi connectivity index (χ3v) is 2.37. The molecule has 2 rings (SSSR count). The van der Waals surface area contributed by atoms with Gasteiger partial charge in [0, 0.05) is 11.5 Å². The molecule has 5 heteroatoms. The number of rotatable bonds is 3. The highest BCUT2D eigenvalue weighted by Gasteiger charge is 2.14. The molecule has 88 valence electrons. The fourth-order valence-corrected chi connectivity index (χ4v) is 1.49. The average Bonchev–Trinajstić information content (AvgIpc) is 2.29. The van der Waals surface area contributed by atoms with Crippen molar-refractivity contribution in [1.29, 1.82) is 0 Å². The van der Waals surface area contributed by atoms with E-state index in [0.717, 1.165) is 5.39 Å². The Balaban J connectivity index is 2.50. The Bertz CT molecular complexity index is 617. The van der Waals surface area contributed by atoms with Crippen LogP contribution in [0.5, 0.6) is 5.75 Å². The first-order chi connectivity index (χ1) is 8.08. The van der Waals surface area contributed by atoms with Crippen molar-refractivity contribution in [2.24, 2.45) is 0 Å². The summed E-state index contributed by atoms with van der Waals surface area (Å²) in [5, 5.41) is 9.56. The van der Waals surface area contributed by atoms with Gasteiger partial charge in [0.2, 0.25) is 5.56 Å². The number of carbonyl (C=O) groups is 1. The average molecular weight is 233 g/mol. The van der Waals surface area contributed by atoms with Gasteiger partial charge in [-0.15, -0.1) is 0 Å². The molecule has 5 nitrogen and oxygen atoms in total. The number of hydrogen-bond donors (Lipinski definition) is 2. The third kappa shape index (κ3) is 2.28. The molecule has 1 heterocycles. The van der Waals surface area contributed by atoms with Crippen molar-refractivity contribution in [1.82, 2.24) is 4.98 Å². The van der Waals surface area contributed by atoms with Crippen LogP contribution in [-0.2, 0) is 4.79 Å². The third-order valence-electron chi connectivity index (χ3n) is 2.37. The van der Waals surface area contributed by atoms with E-state index in [0.29, 0.717) is 11.3 Å². The monoisotopic (exact) mass is 233 g/mol. The normalized spacial score (nSPS) is 12.3. The number of nitrogens with one attached hydrogen (secondary N) is 1. The molecule has 1 aromatic carbocycles. The molecule has 0 radical (unpaired) electrons. The van der Waals surface area contributed by atoms with Gasteiger partial charge in [-0.05, 0) is 19.1 Å². The van der Waals surface area contributed by atoms with E-state index >= 15 is 0 Å². The molecule has 17 heavy (non-hydrogen) atoms. The predicted molar refractivity (Wildman–Crippen MR) is 62.3 cm³/mol. The van der Waals surface area contributed by atoms with Crippen LogP contribution < -0.4 is 10.3 Å². The van der Waals surface area contributed by atoms with Crippen LogP contribution in [0.15, 0.2) is 35.1 Å². The summed E-state index contributed by atoms with van der Waals surface area (Å²) in [5.74, 6) is -0.699. The first kappa shape index (κ1) is 11.2. The fourth-order valence-electron chi connectivity index (χ4n) is 1.49. The summed E-state index contributed by atoms with van der Waals surface area (Å²) < 4.78 is 5.27. The summed E-state index contributed by atoms with van der Waals surface area (Å²) in [6, 6.07) is 8.24. The van der Waals surface area contributed by atoms with Gasteiger partial charge in [-0.2, -0.15) is 0 Å². The van der Waals surface area contributed by atoms with Crippen LogP contribution >= 0.6 is 0 Å². The molecular weight excluding hydrogens is 222 g/mol. The molecule has 0 spiro atoms. The number of pyridine rings is 1. The minimum Gasteiger partial charge on any atom is -0.479 e. The van der Waals surface area contributed by atoms with Crippen LogP contribution in [0.4, 0.5) is 0 Å². The van der Waals surface area contributed by atoms with Gasteiger partial charge in [-0.3, -0.25) is 4.79 Å². The molecule has 0 unspecified atom stereocenters. The van der Waals surface area contributed by atoms with Crippen molar-refractivity contribution in [3.63, 3.8) is 0 Å². The van der Waals surface area contributed by atoms with E-state index in [2.05, 4.69) is 4.98 Å². The number of aromatic nitrogens is 1. The maximum Gasteiger partial charge on any atom is 0.344 e. The van der Waals surface area contributed by atoms with Crippen LogP contribution in [0, 0.1) is 0 Å². The topological polar surface area (TPSA) is 79.4 Å². The van der Waals surface area contributed by atoms with Gasteiger partial charge < -0.3 is 14.8 Å². The molecule has 0 aliphatic heterocycles. The van der Waals surface area contributed by atoms with E-state index in [-0.39, 0.29) is 5.56 Å². The SMILES string of the molecule is C[C@H](Oc1cccc2ccc(=O)[nH]c12)C(=O)O. The summed E-state index contributed by atoms with van der Waals surface area (Å²) in [5.41, 5.74) is 0.254. The lowest BCUT2D eigenvalue weighted by Crippen LogP contribution is -2.23. The number of aliphatic carboxylic acids is 1. The van der Waals surface area contributed by atoms with Gasteiger partial charge in [-0.25, -0.2) is 4.79 Å². The Kier molecular flexibility index (Phi) is 2.82. The van der Waals surface area contributed by atoms with E-state index in [1.54, 1.807) is 18.2 Å². The zero-order chi connectivity index (χ0) is 12.4. The van der Waals surface area contributed by atoms with Crippen LogP contribution in [0.2, 0.25) is 0 Å². The second-order valence-electron chi connectivity index (χ2n) is 3.64. The highest BCUT2D eigenvalue weighted by Crippen LogP contribution is 2.23. The predicted octanol–water partition coefficient (Wildman–Crippen LogP) is 1.38. The molecule has 2 aromatic rings. The highest BCUT2D eigenvalue weighted by molar-refractivity contribution is 5.84. The zero-order valence-corrected chi connectivity index (χ0v) is 9.14. The second-order valence-corrected chi connectivity index (χ2v) is 3.64. The van der Waals surface area contributed by atoms with Crippen LogP contribution in [-0.4, -0.2) is 22.2 Å². The number of carboxylic acids is 1. The standard InChI is InChI=1S/C12H11NO4/c1-7(12(15)16)17-9-4-2-3-8-5-6-10(14)13-11(8)9/h2-7H,1H3,(H,13,14)(H,15,16)/t7-/m0/s1. The highest BCUT2D eigenvalue weighted by atomic mass is 16.5. The summed E-state index contributed by atoms with van der Waals surface area (Å²) >= 11 is 0. The number of ether oxygens (including phenoxy) is 1. The summed E-state index contributed by atoms with van der Waals surface area (Å²) in [6.45, 7) is 1.43. The number of hydrogen-bond acceptors (Lipinski definition) is 3. The molecule has 0 saturated heterocycles. The van der Waals surface area contributed by atoms with Crippen molar-refractivity contribution in [3.05, 3.63) is 40.7 Å². The van der Waals surface area contributed by atoms with Crippen molar-refractivity contribution >= 4 is 16.9 Å². The summed E-state index contributed by atoms with van der Waals surface area (Å²) in [6.07, 6.45) is -0.968. The Morgan fingerprint density at radius 1 is 1.35 bits per heavy atom. The number of H-pyrrole nitrogens is 1. The first-order valence-corrected chi connectivity index (χ1v) is 5.09. The van der Waals surface area contributed by atoms with Crippen molar-refractivity contribution in [2.45, 2.75) is 13.0 Å². The van der Waals surface area contributed by atoms with Crippen molar-refractivity contribution in [3.8, 4) is 5.75 Å². The molecule has 0 saturated carbocycles. The van der Waals surface area contributed by atoms with E-state index in [9.17, 15) is 9.59 Å². The van der Waals surface area contributed by atoms with E-state index in [4.69, 9.17) is 9.84 Å². The largest absolute Gasteiger partial charge is 0.479 e. The molecule has 1 aromatic heterocycles. The van der Waals surface area contributed by atoms with Crippen molar-refractivity contribution < 1.29 is 14.6 Å². The van der Waals surface area contributed by atoms with E-state index in [1.165, 1.54) is 13.0 Å². The van der Waals surface area contributed by atoms with E-state index in [1.807, 2.05) is 6.07 Å². The van der Waals surface area contributed by atoms with Crippen LogP contribution in [0.1, 0.15) is 6.92 Å². The number of carboxylic acid groups (broad SMARTS) is 1. The Hall–Kier alpha value is -2.30. The lowest BCUT2D eigenvalue weighted by atomic mass is 10.2. The maximum atomic E-state index is 11.2. The smallest absolute Gasteiger partial charge is 0.344 e. The number of benzene rings is 1. The fraction of sp³-hybridized carbons (Fsp3) is 0.167. The van der Waals surface area contributed by atoms with Gasteiger partial charge in [-0.1, -0.05) is 12.1 Å².